The Balaban J connectivity index is 2.04. The summed E-state index contributed by atoms with van der Waals surface area (Å²) in [7, 11) is 3.86. The van der Waals surface area contributed by atoms with Gasteiger partial charge < -0.3 is 10.2 Å². The average Bonchev–Trinajstić information content (AvgIpc) is 2.55. The van der Waals surface area contributed by atoms with Crippen LogP contribution in [0.25, 0.3) is 10.9 Å². The van der Waals surface area contributed by atoms with E-state index < -0.39 is 0 Å². The highest BCUT2D eigenvalue weighted by Gasteiger charge is 2.11. The quantitative estimate of drug-likeness (QED) is 0.802. The maximum Gasteiger partial charge on any atom is 0.255 e. The van der Waals surface area contributed by atoms with Gasteiger partial charge in [-0.1, -0.05) is 36.4 Å². The number of pyridine rings is 1. The van der Waals surface area contributed by atoms with Gasteiger partial charge in [0.15, 0.2) is 0 Å². The second-order valence-corrected chi connectivity index (χ2v) is 5.26. The number of hydrogen-bond acceptors (Lipinski definition) is 3. The normalized spacial score (nSPS) is 10.5. The number of benzene rings is 2. The minimum absolute atomic E-state index is 0.123. The molecule has 4 nitrogen and oxygen atoms in total. The lowest BCUT2D eigenvalue weighted by Gasteiger charge is -2.15. The first-order valence-electron chi connectivity index (χ1n) is 7.08. The van der Waals surface area contributed by atoms with Gasteiger partial charge in [-0.15, -0.1) is 0 Å². The average molecular weight is 291 g/mol. The van der Waals surface area contributed by atoms with E-state index >= 15 is 0 Å². The van der Waals surface area contributed by atoms with Gasteiger partial charge in [0.2, 0.25) is 0 Å². The molecule has 1 heterocycles. The molecule has 0 fully saturated rings. The molecular weight excluding hydrogens is 274 g/mol. The lowest BCUT2D eigenvalue weighted by atomic mass is 10.1. The van der Waals surface area contributed by atoms with E-state index in [9.17, 15) is 4.79 Å². The first kappa shape index (κ1) is 14.1. The molecule has 2 aromatic carbocycles. The summed E-state index contributed by atoms with van der Waals surface area (Å²) in [5, 5.41) is 3.92. The van der Waals surface area contributed by atoms with Gasteiger partial charge in [0.1, 0.15) is 5.82 Å². The summed E-state index contributed by atoms with van der Waals surface area (Å²) in [5.41, 5.74) is 2.26. The van der Waals surface area contributed by atoms with E-state index in [1.54, 1.807) is 12.1 Å². The van der Waals surface area contributed by atoms with Gasteiger partial charge in [-0.25, -0.2) is 4.98 Å². The van der Waals surface area contributed by atoms with Crippen LogP contribution in [0.1, 0.15) is 10.4 Å². The molecular formula is C18H17N3O. The van der Waals surface area contributed by atoms with Crippen LogP contribution < -0.4 is 10.2 Å². The molecule has 1 amide bonds. The van der Waals surface area contributed by atoms with Crippen LogP contribution in [-0.2, 0) is 0 Å². The van der Waals surface area contributed by atoms with Crippen molar-refractivity contribution in [1.29, 1.82) is 0 Å². The summed E-state index contributed by atoms with van der Waals surface area (Å²) >= 11 is 0. The zero-order valence-corrected chi connectivity index (χ0v) is 12.6. The Hall–Kier alpha value is -2.88. The summed E-state index contributed by atoms with van der Waals surface area (Å²) in [6.07, 6.45) is 0. The van der Waals surface area contributed by atoms with Crippen LogP contribution in [0, 0.1) is 0 Å². The zero-order valence-electron chi connectivity index (χ0n) is 12.6. The van der Waals surface area contributed by atoms with Crippen molar-refractivity contribution in [3.05, 3.63) is 66.2 Å². The van der Waals surface area contributed by atoms with Gasteiger partial charge >= 0.3 is 0 Å². The number of nitrogens with one attached hydrogen (secondary N) is 1. The molecule has 0 unspecified atom stereocenters. The molecule has 22 heavy (non-hydrogen) atoms. The predicted molar refractivity (Wildman–Crippen MR) is 90.5 cm³/mol. The Morgan fingerprint density at radius 2 is 1.68 bits per heavy atom. The van der Waals surface area contributed by atoms with Crippen LogP contribution in [0.3, 0.4) is 0 Å². The molecule has 0 saturated carbocycles. The number of rotatable bonds is 3. The molecule has 0 atom stereocenters. The van der Waals surface area contributed by atoms with Gasteiger partial charge in [-0.2, -0.15) is 0 Å². The Kier molecular flexibility index (Phi) is 3.74. The smallest absolute Gasteiger partial charge is 0.255 e. The molecule has 0 aliphatic carbocycles. The van der Waals surface area contributed by atoms with Gasteiger partial charge in [-0.3, -0.25) is 4.79 Å². The summed E-state index contributed by atoms with van der Waals surface area (Å²) < 4.78 is 0. The Morgan fingerprint density at radius 3 is 2.41 bits per heavy atom. The van der Waals surface area contributed by atoms with Crippen molar-refractivity contribution < 1.29 is 4.79 Å². The van der Waals surface area contributed by atoms with Gasteiger partial charge in [0.25, 0.3) is 5.91 Å². The summed E-state index contributed by atoms with van der Waals surface area (Å²) in [6.45, 7) is 0. The summed E-state index contributed by atoms with van der Waals surface area (Å²) in [4.78, 5) is 18.9. The molecule has 4 heteroatoms. The van der Waals surface area contributed by atoms with Crippen LogP contribution in [0.2, 0.25) is 0 Å². The number of aromatic nitrogens is 1. The van der Waals surface area contributed by atoms with E-state index in [4.69, 9.17) is 0 Å². The SMILES string of the molecule is CN(C)c1cc(NC(=O)c2ccccc2)c2ccccc2n1. The lowest BCUT2D eigenvalue weighted by molar-refractivity contribution is 0.102. The second kappa shape index (κ2) is 5.85. The number of para-hydroxylation sites is 1. The Bertz CT molecular complexity index is 813. The van der Waals surface area contributed by atoms with Gasteiger partial charge in [0.05, 0.1) is 11.2 Å². The first-order chi connectivity index (χ1) is 10.6. The first-order valence-corrected chi connectivity index (χ1v) is 7.08. The molecule has 1 aromatic heterocycles. The number of fused-ring (bicyclic) bond motifs is 1. The van der Waals surface area contributed by atoms with Crippen molar-refractivity contribution in [2.45, 2.75) is 0 Å². The summed E-state index contributed by atoms with van der Waals surface area (Å²) in [6, 6.07) is 18.9. The van der Waals surface area contributed by atoms with Crippen LogP contribution in [0.4, 0.5) is 11.5 Å². The van der Waals surface area contributed by atoms with Crippen LogP contribution in [0.15, 0.2) is 60.7 Å². The molecule has 0 spiro atoms. The van der Waals surface area contributed by atoms with Gasteiger partial charge in [-0.05, 0) is 18.2 Å². The number of anilines is 2. The third kappa shape index (κ3) is 2.76. The monoisotopic (exact) mass is 291 g/mol. The van der Waals surface area contributed by atoms with E-state index in [1.165, 1.54) is 0 Å². The maximum absolute atomic E-state index is 12.4. The molecule has 3 aromatic rings. The fraction of sp³-hybridized carbons (Fsp3) is 0.111. The molecule has 0 bridgehead atoms. The molecule has 0 aliphatic rings. The highest BCUT2D eigenvalue weighted by atomic mass is 16.1. The standard InChI is InChI=1S/C18H17N3O/c1-21(2)17-12-16(14-10-6-7-11-15(14)19-17)20-18(22)13-8-4-3-5-9-13/h3-12H,1-2H3,(H,19,20,22). The van der Waals surface area contributed by atoms with Crippen molar-refractivity contribution in [2.75, 3.05) is 24.3 Å². The van der Waals surface area contributed by atoms with Crippen LogP contribution in [0.5, 0.6) is 0 Å². The second-order valence-electron chi connectivity index (χ2n) is 5.26. The largest absolute Gasteiger partial charge is 0.363 e. The third-order valence-electron chi connectivity index (χ3n) is 3.45. The fourth-order valence-electron chi connectivity index (χ4n) is 2.28. The predicted octanol–water partition coefficient (Wildman–Crippen LogP) is 3.55. The third-order valence-corrected chi connectivity index (χ3v) is 3.45. The van der Waals surface area contributed by atoms with E-state index in [0.717, 1.165) is 22.4 Å². The number of hydrogen-bond donors (Lipinski definition) is 1. The van der Waals surface area contributed by atoms with Crippen molar-refractivity contribution in [3.8, 4) is 0 Å². The minimum Gasteiger partial charge on any atom is -0.363 e. The molecule has 1 N–H and O–H groups in total. The van der Waals surface area contributed by atoms with Crippen molar-refractivity contribution in [2.24, 2.45) is 0 Å². The van der Waals surface area contributed by atoms with Crippen LogP contribution in [-0.4, -0.2) is 25.0 Å². The highest BCUT2D eigenvalue weighted by molar-refractivity contribution is 6.09. The zero-order chi connectivity index (χ0) is 15.5. The topological polar surface area (TPSA) is 45.2 Å². The molecule has 110 valence electrons. The molecule has 0 aliphatic heterocycles. The molecule has 0 saturated heterocycles. The fourth-order valence-corrected chi connectivity index (χ4v) is 2.28. The number of carbonyl (C=O) groups excluding carboxylic acids is 1. The number of amides is 1. The molecule has 3 rings (SSSR count). The van der Waals surface area contributed by atoms with Gasteiger partial charge in [0, 0.05) is 31.1 Å². The minimum atomic E-state index is -0.123. The number of nitrogens with zero attached hydrogens (tertiary/aromatic N) is 2. The van der Waals surface area contributed by atoms with E-state index in [1.807, 2.05) is 67.5 Å². The van der Waals surface area contributed by atoms with E-state index in [2.05, 4.69) is 10.3 Å². The molecule has 0 radical (unpaired) electrons. The van der Waals surface area contributed by atoms with E-state index in [-0.39, 0.29) is 5.91 Å². The highest BCUT2D eigenvalue weighted by Crippen LogP contribution is 2.26. The van der Waals surface area contributed by atoms with Crippen molar-refractivity contribution >= 4 is 28.3 Å². The van der Waals surface area contributed by atoms with E-state index in [0.29, 0.717) is 5.56 Å². The Morgan fingerprint density at radius 1 is 1.00 bits per heavy atom. The van der Waals surface area contributed by atoms with Crippen molar-refractivity contribution in [1.82, 2.24) is 4.98 Å². The maximum atomic E-state index is 12.4. The lowest BCUT2D eigenvalue weighted by Crippen LogP contribution is -2.15. The Labute approximate surface area is 129 Å². The summed E-state index contributed by atoms with van der Waals surface area (Å²) in [5.74, 6) is 0.684. The van der Waals surface area contributed by atoms with Crippen molar-refractivity contribution in [3.63, 3.8) is 0 Å². The van der Waals surface area contributed by atoms with Crippen LogP contribution >= 0.6 is 0 Å². The number of carbonyl (C=O) groups is 1.